The molecule has 0 fully saturated rings. The van der Waals surface area contributed by atoms with Crippen molar-refractivity contribution in [1.29, 1.82) is 0 Å². The third-order valence-corrected chi connectivity index (χ3v) is 3.78. The van der Waals surface area contributed by atoms with Gasteiger partial charge in [0.2, 0.25) is 0 Å². The number of H-pyrrole nitrogens is 1. The summed E-state index contributed by atoms with van der Waals surface area (Å²) in [6.07, 6.45) is 0.400. The first-order valence-electron chi connectivity index (χ1n) is 7.05. The molecule has 3 rings (SSSR count). The molecule has 1 atom stereocenters. The second-order valence-corrected chi connectivity index (χ2v) is 5.28. The molecule has 2 aromatic carbocycles. The molecule has 21 heavy (non-hydrogen) atoms. The van der Waals surface area contributed by atoms with Gasteiger partial charge >= 0.3 is 5.97 Å². The van der Waals surface area contributed by atoms with Gasteiger partial charge in [-0.15, -0.1) is 0 Å². The molecule has 0 aliphatic rings. The molecule has 0 radical (unpaired) electrons. The SMILES string of the molecule is O=C(O)CCCC(O)c1ccc2[nH]c3ccccc3c2c1. The zero-order valence-electron chi connectivity index (χ0n) is 11.5. The van der Waals surface area contributed by atoms with Crippen LogP contribution in [-0.2, 0) is 4.79 Å². The van der Waals surface area contributed by atoms with Gasteiger partial charge in [-0.25, -0.2) is 0 Å². The maximum absolute atomic E-state index is 10.5. The smallest absolute Gasteiger partial charge is 0.303 e. The van der Waals surface area contributed by atoms with Crippen molar-refractivity contribution in [3.63, 3.8) is 0 Å². The second-order valence-electron chi connectivity index (χ2n) is 5.28. The standard InChI is InChI=1S/C17H17NO3/c19-16(6-3-7-17(20)21)11-8-9-15-13(10-11)12-4-1-2-5-14(12)18-15/h1-2,4-5,8-10,16,18-19H,3,6-7H2,(H,20,21). The van der Waals surface area contributed by atoms with E-state index in [1.54, 1.807) is 0 Å². The molecule has 1 heterocycles. The molecule has 108 valence electrons. The first-order chi connectivity index (χ1) is 10.1. The van der Waals surface area contributed by atoms with Crippen molar-refractivity contribution in [2.24, 2.45) is 0 Å². The minimum atomic E-state index is -0.825. The van der Waals surface area contributed by atoms with Gasteiger partial charge < -0.3 is 15.2 Å². The highest BCUT2D eigenvalue weighted by molar-refractivity contribution is 6.07. The lowest BCUT2D eigenvalue weighted by atomic mass is 10.0. The van der Waals surface area contributed by atoms with Crippen molar-refractivity contribution < 1.29 is 15.0 Å². The normalized spacial score (nSPS) is 12.8. The number of carbonyl (C=O) groups is 1. The predicted molar refractivity (Wildman–Crippen MR) is 82.3 cm³/mol. The summed E-state index contributed by atoms with van der Waals surface area (Å²) in [5, 5.41) is 21.1. The van der Waals surface area contributed by atoms with Crippen LogP contribution in [0.5, 0.6) is 0 Å². The Morgan fingerprint density at radius 1 is 1.10 bits per heavy atom. The van der Waals surface area contributed by atoms with E-state index in [1.165, 1.54) is 0 Å². The van der Waals surface area contributed by atoms with E-state index >= 15 is 0 Å². The van der Waals surface area contributed by atoms with E-state index in [0.29, 0.717) is 12.8 Å². The fraction of sp³-hybridized carbons (Fsp3) is 0.235. The van der Waals surface area contributed by atoms with Crippen molar-refractivity contribution in [3.8, 4) is 0 Å². The number of benzene rings is 2. The molecule has 4 heteroatoms. The molecule has 0 aliphatic carbocycles. The van der Waals surface area contributed by atoms with Gasteiger partial charge in [0.15, 0.2) is 0 Å². The fourth-order valence-electron chi connectivity index (χ4n) is 2.69. The molecule has 0 aliphatic heterocycles. The van der Waals surface area contributed by atoms with Crippen molar-refractivity contribution in [2.75, 3.05) is 0 Å². The van der Waals surface area contributed by atoms with E-state index in [-0.39, 0.29) is 6.42 Å². The van der Waals surface area contributed by atoms with Crippen LogP contribution in [-0.4, -0.2) is 21.2 Å². The Kier molecular flexibility index (Phi) is 3.62. The number of aliphatic carboxylic acids is 1. The van der Waals surface area contributed by atoms with Crippen molar-refractivity contribution >= 4 is 27.8 Å². The highest BCUT2D eigenvalue weighted by atomic mass is 16.4. The highest BCUT2D eigenvalue weighted by Crippen LogP contribution is 2.29. The lowest BCUT2D eigenvalue weighted by Crippen LogP contribution is -2.00. The number of para-hydroxylation sites is 1. The van der Waals surface area contributed by atoms with Gasteiger partial charge in [-0.2, -0.15) is 0 Å². The van der Waals surface area contributed by atoms with Crippen LogP contribution in [0.25, 0.3) is 21.8 Å². The largest absolute Gasteiger partial charge is 0.481 e. The quantitative estimate of drug-likeness (QED) is 0.669. The number of carboxylic acid groups (broad SMARTS) is 1. The van der Waals surface area contributed by atoms with Crippen LogP contribution in [0.4, 0.5) is 0 Å². The molecule has 0 saturated carbocycles. The van der Waals surface area contributed by atoms with Crippen LogP contribution in [0.1, 0.15) is 30.9 Å². The minimum Gasteiger partial charge on any atom is -0.481 e. The zero-order valence-corrected chi connectivity index (χ0v) is 11.5. The van der Waals surface area contributed by atoms with Crippen LogP contribution in [0.2, 0.25) is 0 Å². The van der Waals surface area contributed by atoms with Gasteiger partial charge in [0.05, 0.1) is 6.10 Å². The molecule has 0 amide bonds. The number of aliphatic hydroxyl groups is 1. The average molecular weight is 283 g/mol. The van der Waals surface area contributed by atoms with Gasteiger partial charge in [-0.3, -0.25) is 4.79 Å². The molecule has 0 bridgehead atoms. The number of aromatic amines is 1. The number of carboxylic acids is 1. The van der Waals surface area contributed by atoms with Crippen molar-refractivity contribution in [1.82, 2.24) is 4.98 Å². The van der Waals surface area contributed by atoms with Gasteiger partial charge in [0, 0.05) is 28.2 Å². The topological polar surface area (TPSA) is 73.3 Å². The van der Waals surface area contributed by atoms with Crippen molar-refractivity contribution in [2.45, 2.75) is 25.4 Å². The molecule has 0 spiro atoms. The minimum absolute atomic E-state index is 0.0897. The molecular formula is C17H17NO3. The second kappa shape index (κ2) is 5.58. The van der Waals surface area contributed by atoms with E-state index in [4.69, 9.17) is 5.11 Å². The maximum Gasteiger partial charge on any atom is 0.303 e. The first kappa shape index (κ1) is 13.6. The Bertz CT molecular complexity index is 791. The summed E-state index contributed by atoms with van der Waals surface area (Å²) in [5.74, 6) is -0.825. The Morgan fingerprint density at radius 3 is 2.67 bits per heavy atom. The number of hydrogen-bond donors (Lipinski definition) is 3. The molecule has 3 N–H and O–H groups in total. The lowest BCUT2D eigenvalue weighted by molar-refractivity contribution is -0.137. The summed E-state index contributed by atoms with van der Waals surface area (Å²) in [6, 6.07) is 13.9. The van der Waals surface area contributed by atoms with E-state index in [2.05, 4.69) is 11.1 Å². The van der Waals surface area contributed by atoms with Gasteiger partial charge in [0.25, 0.3) is 0 Å². The first-order valence-corrected chi connectivity index (χ1v) is 7.05. The molecule has 1 unspecified atom stereocenters. The van der Waals surface area contributed by atoms with Gasteiger partial charge in [-0.05, 0) is 36.6 Å². The molecule has 0 saturated heterocycles. The number of rotatable bonds is 5. The summed E-state index contributed by atoms with van der Waals surface area (Å²) in [5.41, 5.74) is 2.94. The summed E-state index contributed by atoms with van der Waals surface area (Å²) in [6.45, 7) is 0. The van der Waals surface area contributed by atoms with Crippen LogP contribution in [0, 0.1) is 0 Å². The van der Waals surface area contributed by atoms with E-state index in [9.17, 15) is 9.90 Å². The molecular weight excluding hydrogens is 266 g/mol. The van der Waals surface area contributed by atoms with Gasteiger partial charge in [0.1, 0.15) is 0 Å². The average Bonchev–Trinajstić information content (AvgIpc) is 2.84. The summed E-state index contributed by atoms with van der Waals surface area (Å²) >= 11 is 0. The van der Waals surface area contributed by atoms with E-state index < -0.39 is 12.1 Å². The summed E-state index contributed by atoms with van der Waals surface area (Å²) in [7, 11) is 0. The monoisotopic (exact) mass is 283 g/mol. The summed E-state index contributed by atoms with van der Waals surface area (Å²) < 4.78 is 0. The molecule has 1 aromatic heterocycles. The zero-order chi connectivity index (χ0) is 14.8. The van der Waals surface area contributed by atoms with Crippen LogP contribution in [0.15, 0.2) is 42.5 Å². The van der Waals surface area contributed by atoms with Crippen LogP contribution in [0.3, 0.4) is 0 Å². The predicted octanol–water partition coefficient (Wildman–Crippen LogP) is 3.61. The Hall–Kier alpha value is -2.33. The van der Waals surface area contributed by atoms with E-state index in [1.807, 2.05) is 36.4 Å². The summed E-state index contributed by atoms with van der Waals surface area (Å²) in [4.78, 5) is 13.9. The number of nitrogens with one attached hydrogen (secondary N) is 1. The Morgan fingerprint density at radius 2 is 1.86 bits per heavy atom. The van der Waals surface area contributed by atoms with Gasteiger partial charge in [-0.1, -0.05) is 24.3 Å². The third-order valence-electron chi connectivity index (χ3n) is 3.78. The molecule has 4 nitrogen and oxygen atoms in total. The van der Waals surface area contributed by atoms with E-state index in [0.717, 1.165) is 27.4 Å². The Balaban J connectivity index is 1.89. The van der Waals surface area contributed by atoms with Crippen molar-refractivity contribution in [3.05, 3.63) is 48.0 Å². The Labute approximate surface area is 122 Å². The third kappa shape index (κ3) is 2.76. The number of aromatic nitrogens is 1. The molecule has 3 aromatic rings. The van der Waals surface area contributed by atoms with Crippen LogP contribution >= 0.6 is 0 Å². The highest BCUT2D eigenvalue weighted by Gasteiger charge is 2.11. The maximum atomic E-state index is 10.5. The number of hydrogen-bond acceptors (Lipinski definition) is 2. The number of fused-ring (bicyclic) bond motifs is 3. The fourth-order valence-corrected chi connectivity index (χ4v) is 2.69. The number of aliphatic hydroxyl groups excluding tert-OH is 1. The van der Waals surface area contributed by atoms with Crippen LogP contribution < -0.4 is 0 Å². The lowest BCUT2D eigenvalue weighted by Gasteiger charge is -2.10.